The first kappa shape index (κ1) is 41.8. The topological polar surface area (TPSA) is 0 Å². The second kappa shape index (κ2) is 34.9. The van der Waals surface area contributed by atoms with Crippen molar-refractivity contribution in [3.63, 3.8) is 0 Å². The molecule has 0 amide bonds. The molecule has 0 heterocycles. The van der Waals surface area contributed by atoms with Crippen LogP contribution < -0.4 is 0 Å². The van der Waals surface area contributed by atoms with Gasteiger partial charge in [-0.25, -0.2) is 0 Å². The minimum absolute atomic E-state index is 0. The lowest BCUT2D eigenvalue weighted by atomic mass is 10.0. The molecule has 1 nitrogen and oxygen atoms in total. The number of hydrogen-bond donors (Lipinski definition) is 0. The highest BCUT2D eigenvalue weighted by Gasteiger charge is 2.20. The molecule has 39 heavy (non-hydrogen) atoms. The number of rotatable bonds is 33. The van der Waals surface area contributed by atoms with Crippen LogP contribution in [0.5, 0.6) is 0 Å². The first-order valence-corrected chi connectivity index (χ1v) is 18.5. The van der Waals surface area contributed by atoms with Crippen molar-refractivity contribution in [1.82, 2.24) is 0 Å². The molecule has 0 aromatic carbocycles. The van der Waals surface area contributed by atoms with Crippen molar-refractivity contribution in [3.05, 3.63) is 0 Å². The molecule has 0 saturated heterocycles. The summed E-state index contributed by atoms with van der Waals surface area (Å²) in [5, 5.41) is 0. The van der Waals surface area contributed by atoms with Crippen LogP contribution in [0.2, 0.25) is 0 Å². The van der Waals surface area contributed by atoms with E-state index in [2.05, 4.69) is 27.8 Å². The first-order valence-electron chi connectivity index (χ1n) is 18.5. The third kappa shape index (κ3) is 33.1. The molecule has 0 aliphatic heterocycles. The van der Waals surface area contributed by atoms with Crippen LogP contribution in [-0.4, -0.2) is 31.2 Å². The molecule has 0 atom stereocenters. The molecule has 0 aromatic heterocycles. The molecule has 0 radical (unpaired) electrons. The summed E-state index contributed by atoms with van der Waals surface area (Å²) in [4.78, 5) is 0. The highest BCUT2D eigenvalue weighted by Crippen LogP contribution is 2.18. The molecule has 0 rings (SSSR count). The number of unbranched alkanes of at least 4 members (excludes halogenated alkanes) is 27. The van der Waals surface area contributed by atoms with E-state index in [0.717, 1.165) is 0 Å². The molecule has 0 N–H and O–H groups in total. The van der Waals surface area contributed by atoms with Gasteiger partial charge in [-0.3, -0.25) is 0 Å². The van der Waals surface area contributed by atoms with Gasteiger partial charge in [0, 0.05) is 0 Å². The maximum absolute atomic E-state index is 2.61. The van der Waals surface area contributed by atoms with Crippen molar-refractivity contribution in [3.8, 4) is 0 Å². The van der Waals surface area contributed by atoms with Crippen molar-refractivity contribution in [2.75, 3.05) is 26.7 Å². The van der Waals surface area contributed by atoms with E-state index in [-0.39, 0.29) is 24.0 Å². The van der Waals surface area contributed by atoms with E-state index in [1.165, 1.54) is 217 Å². The standard InChI is InChI=1S/C37H78N.HI/c1-5-8-11-14-17-20-23-26-29-32-35-38(4,36-33-30-27-24-21-18-15-12-9-6-2)37-34-31-28-25-22-19-16-13-10-7-3;/h5-37H2,1-4H3;1H/q+1;. The molecule has 0 spiro atoms. The molecule has 0 unspecified atom stereocenters. The third-order valence-corrected chi connectivity index (χ3v) is 9.15. The lowest BCUT2D eigenvalue weighted by molar-refractivity contribution is -0.910. The van der Waals surface area contributed by atoms with E-state index in [1.54, 1.807) is 0 Å². The normalized spacial score (nSPS) is 11.7. The van der Waals surface area contributed by atoms with Crippen molar-refractivity contribution in [1.29, 1.82) is 0 Å². The first-order chi connectivity index (χ1) is 18.7. The Hall–Kier alpha value is 0.690. The van der Waals surface area contributed by atoms with Gasteiger partial charge in [-0.15, -0.1) is 24.0 Å². The minimum atomic E-state index is 0. The van der Waals surface area contributed by atoms with E-state index in [9.17, 15) is 0 Å². The van der Waals surface area contributed by atoms with E-state index in [1.807, 2.05) is 0 Å². The fraction of sp³-hybridized carbons (Fsp3) is 1.00. The Bertz CT molecular complexity index is 364. The Labute approximate surface area is 267 Å². The van der Waals surface area contributed by atoms with Gasteiger partial charge in [0.05, 0.1) is 26.7 Å². The number of nitrogens with zero attached hydrogens (tertiary/aromatic N) is 1. The summed E-state index contributed by atoms with van der Waals surface area (Å²) in [5.74, 6) is 0. The van der Waals surface area contributed by atoms with Crippen molar-refractivity contribution in [2.45, 2.75) is 213 Å². The van der Waals surface area contributed by atoms with Gasteiger partial charge in [-0.2, -0.15) is 0 Å². The van der Waals surface area contributed by atoms with Gasteiger partial charge in [-0.05, 0) is 38.5 Å². The quantitative estimate of drug-likeness (QED) is 0.0372. The molecule has 2 heteroatoms. The summed E-state index contributed by atoms with van der Waals surface area (Å²) in [7, 11) is 2.61. The zero-order valence-corrected chi connectivity index (χ0v) is 30.5. The van der Waals surface area contributed by atoms with Crippen molar-refractivity contribution >= 4 is 24.0 Å². The summed E-state index contributed by atoms with van der Waals surface area (Å²) in [5.41, 5.74) is 0. The molecule has 0 aliphatic rings. The van der Waals surface area contributed by atoms with Crippen LogP contribution in [0.1, 0.15) is 213 Å². The SMILES string of the molecule is CCCCCCCCCCCC[N+](C)(CCCCCCCCCCCC)CCCCCCCCCCCC.I. The van der Waals surface area contributed by atoms with Crippen molar-refractivity contribution in [2.24, 2.45) is 0 Å². The third-order valence-electron chi connectivity index (χ3n) is 9.15. The zero-order valence-electron chi connectivity index (χ0n) is 28.2. The maximum atomic E-state index is 2.61. The van der Waals surface area contributed by atoms with Gasteiger partial charge in [-0.1, -0.05) is 175 Å². The lowest BCUT2D eigenvalue weighted by Crippen LogP contribution is -2.46. The monoisotopic (exact) mass is 665 g/mol. The molecule has 0 aromatic rings. The van der Waals surface area contributed by atoms with Crippen molar-refractivity contribution < 1.29 is 4.48 Å². The number of hydrogen-bond acceptors (Lipinski definition) is 0. The Morgan fingerprint density at radius 1 is 0.256 bits per heavy atom. The van der Waals surface area contributed by atoms with E-state index in [0.29, 0.717) is 0 Å². The van der Waals surface area contributed by atoms with E-state index < -0.39 is 0 Å². The summed E-state index contributed by atoms with van der Waals surface area (Å²) in [6, 6.07) is 0. The molecule has 0 bridgehead atoms. The van der Waals surface area contributed by atoms with Crippen LogP contribution in [0.25, 0.3) is 0 Å². The second-order valence-corrected chi connectivity index (χ2v) is 13.3. The largest absolute Gasteiger partial charge is 0.326 e. The van der Waals surface area contributed by atoms with Gasteiger partial charge in [0.1, 0.15) is 0 Å². The smallest absolute Gasteiger partial charge is 0.0784 e. The number of halogens is 1. The molecular formula is C37H79IN+. The van der Waals surface area contributed by atoms with E-state index >= 15 is 0 Å². The van der Waals surface area contributed by atoms with Gasteiger partial charge < -0.3 is 4.48 Å². The van der Waals surface area contributed by atoms with Gasteiger partial charge in [0.15, 0.2) is 0 Å². The highest BCUT2D eigenvalue weighted by atomic mass is 127. The highest BCUT2D eigenvalue weighted by molar-refractivity contribution is 14.0. The Kier molecular flexibility index (Phi) is 37.4. The Morgan fingerprint density at radius 2 is 0.410 bits per heavy atom. The van der Waals surface area contributed by atoms with Crippen LogP contribution in [0.15, 0.2) is 0 Å². The summed E-state index contributed by atoms with van der Waals surface area (Å²) in [6.07, 6.45) is 43.8. The fourth-order valence-electron chi connectivity index (χ4n) is 6.28. The van der Waals surface area contributed by atoms with Gasteiger partial charge >= 0.3 is 0 Å². The molecule has 0 fully saturated rings. The van der Waals surface area contributed by atoms with Gasteiger partial charge in [0.2, 0.25) is 0 Å². The van der Waals surface area contributed by atoms with Gasteiger partial charge in [0.25, 0.3) is 0 Å². The second-order valence-electron chi connectivity index (χ2n) is 13.3. The Balaban J connectivity index is 0. The van der Waals surface area contributed by atoms with E-state index in [4.69, 9.17) is 0 Å². The molecule has 238 valence electrons. The summed E-state index contributed by atoms with van der Waals surface area (Å²) < 4.78 is 1.37. The average molecular weight is 665 g/mol. The maximum Gasteiger partial charge on any atom is 0.0784 e. The predicted molar refractivity (Wildman–Crippen MR) is 192 cm³/mol. The fourth-order valence-corrected chi connectivity index (χ4v) is 6.28. The van der Waals surface area contributed by atoms with Crippen LogP contribution in [0.3, 0.4) is 0 Å². The van der Waals surface area contributed by atoms with Crippen LogP contribution in [0, 0.1) is 0 Å². The molecule has 0 aliphatic carbocycles. The Morgan fingerprint density at radius 3 is 0.590 bits per heavy atom. The molecular weight excluding hydrogens is 585 g/mol. The lowest BCUT2D eigenvalue weighted by Gasteiger charge is -2.35. The zero-order chi connectivity index (χ0) is 27.8. The number of quaternary nitrogens is 1. The van der Waals surface area contributed by atoms with Crippen LogP contribution >= 0.6 is 24.0 Å². The van der Waals surface area contributed by atoms with Crippen LogP contribution in [0.4, 0.5) is 0 Å². The molecule has 0 saturated carbocycles. The minimum Gasteiger partial charge on any atom is -0.326 e. The predicted octanol–water partition coefficient (Wildman–Crippen LogP) is 13.8. The average Bonchev–Trinajstić information content (AvgIpc) is 2.92. The summed E-state index contributed by atoms with van der Waals surface area (Å²) >= 11 is 0. The van der Waals surface area contributed by atoms with Crippen LogP contribution in [-0.2, 0) is 0 Å². The summed E-state index contributed by atoms with van der Waals surface area (Å²) in [6.45, 7) is 11.3.